The highest BCUT2D eigenvalue weighted by Crippen LogP contribution is 2.36. The van der Waals surface area contributed by atoms with E-state index in [0.717, 1.165) is 44.9 Å². The first kappa shape index (κ1) is 13.7. The Morgan fingerprint density at radius 2 is 2.41 bits per heavy atom. The molecule has 2 aromatic heterocycles. The Kier molecular flexibility index (Phi) is 3.56. The summed E-state index contributed by atoms with van der Waals surface area (Å²) in [5.41, 5.74) is 1.22. The van der Waals surface area contributed by atoms with Gasteiger partial charge in [-0.25, -0.2) is 4.98 Å². The Bertz CT molecular complexity index is 604. The average Bonchev–Trinajstić information content (AvgIpc) is 3.25. The Labute approximate surface area is 129 Å². The average molecular weight is 300 g/mol. The zero-order valence-corrected chi connectivity index (χ0v) is 12.4. The summed E-state index contributed by atoms with van der Waals surface area (Å²) < 4.78 is 11.3. The molecule has 6 heteroatoms. The highest BCUT2D eigenvalue weighted by Gasteiger charge is 2.45. The second-order valence-corrected chi connectivity index (χ2v) is 6.22. The quantitative estimate of drug-likeness (QED) is 0.930. The second kappa shape index (κ2) is 5.70. The number of rotatable bonds is 4. The third-order valence-corrected chi connectivity index (χ3v) is 4.51. The van der Waals surface area contributed by atoms with Crippen LogP contribution in [0.3, 0.4) is 0 Å². The molecule has 2 saturated heterocycles. The van der Waals surface area contributed by atoms with E-state index in [9.17, 15) is 0 Å². The summed E-state index contributed by atoms with van der Waals surface area (Å²) in [6.45, 7) is 3.72. The smallest absolute Gasteiger partial charge is 0.144 e. The van der Waals surface area contributed by atoms with Crippen LogP contribution in [0.25, 0.3) is 0 Å². The van der Waals surface area contributed by atoms with E-state index >= 15 is 0 Å². The van der Waals surface area contributed by atoms with Gasteiger partial charge >= 0.3 is 0 Å². The number of hydrogen-bond donors (Lipinski definition) is 1. The van der Waals surface area contributed by atoms with Gasteiger partial charge in [-0.1, -0.05) is 0 Å². The van der Waals surface area contributed by atoms with Crippen LogP contribution in [0.1, 0.15) is 18.4 Å². The number of hydrogen-bond acceptors (Lipinski definition) is 6. The number of anilines is 1. The molecule has 2 atom stereocenters. The maximum absolute atomic E-state index is 6.16. The molecular formula is C16H20N4O2. The van der Waals surface area contributed by atoms with Gasteiger partial charge in [0.15, 0.2) is 0 Å². The van der Waals surface area contributed by atoms with Gasteiger partial charge in [-0.15, -0.1) is 0 Å². The molecule has 2 aliphatic heterocycles. The zero-order chi connectivity index (χ0) is 14.8. The van der Waals surface area contributed by atoms with Crippen LogP contribution in [0, 0.1) is 0 Å². The van der Waals surface area contributed by atoms with E-state index < -0.39 is 0 Å². The van der Waals surface area contributed by atoms with Crippen molar-refractivity contribution in [1.82, 2.24) is 14.9 Å². The molecule has 0 amide bonds. The minimum absolute atomic E-state index is 0.0103. The van der Waals surface area contributed by atoms with Gasteiger partial charge < -0.3 is 14.5 Å². The van der Waals surface area contributed by atoms with Crippen LogP contribution < -0.4 is 5.32 Å². The molecule has 2 fully saturated rings. The second-order valence-electron chi connectivity index (χ2n) is 6.22. The van der Waals surface area contributed by atoms with Gasteiger partial charge in [-0.2, -0.15) is 0 Å². The minimum atomic E-state index is -0.0103. The number of nitrogens with one attached hydrogen (secondary N) is 1. The molecule has 116 valence electrons. The van der Waals surface area contributed by atoms with Crippen molar-refractivity contribution in [2.45, 2.75) is 31.0 Å². The molecule has 0 aliphatic carbocycles. The first-order chi connectivity index (χ1) is 10.8. The van der Waals surface area contributed by atoms with Gasteiger partial charge in [-0.3, -0.25) is 9.88 Å². The highest BCUT2D eigenvalue weighted by molar-refractivity contribution is 5.32. The minimum Gasteiger partial charge on any atom is -0.472 e. The lowest BCUT2D eigenvalue weighted by molar-refractivity contribution is 0.0120. The lowest BCUT2D eigenvalue weighted by Crippen LogP contribution is -2.33. The SMILES string of the molecule is c1cnc(N[C@H]2CO[C@]3(CCN(Cc4ccoc4)C3)C2)cn1. The van der Waals surface area contributed by atoms with Gasteiger partial charge in [0, 0.05) is 44.0 Å². The molecule has 22 heavy (non-hydrogen) atoms. The molecule has 6 nitrogen and oxygen atoms in total. The number of aromatic nitrogens is 2. The summed E-state index contributed by atoms with van der Waals surface area (Å²) >= 11 is 0. The van der Waals surface area contributed by atoms with E-state index in [2.05, 4.69) is 20.2 Å². The number of likely N-dealkylation sites (tertiary alicyclic amines) is 1. The predicted molar refractivity (Wildman–Crippen MR) is 81.3 cm³/mol. The molecule has 1 spiro atoms. The Hall–Kier alpha value is -1.92. The van der Waals surface area contributed by atoms with E-state index in [0.29, 0.717) is 6.04 Å². The van der Waals surface area contributed by atoms with Gasteiger partial charge in [0.05, 0.1) is 37.0 Å². The van der Waals surface area contributed by atoms with Crippen LogP contribution in [0.15, 0.2) is 41.6 Å². The van der Waals surface area contributed by atoms with Crippen molar-refractivity contribution >= 4 is 5.82 Å². The highest BCUT2D eigenvalue weighted by atomic mass is 16.5. The van der Waals surface area contributed by atoms with Crippen molar-refractivity contribution in [3.8, 4) is 0 Å². The molecule has 2 aromatic rings. The van der Waals surface area contributed by atoms with E-state index in [1.807, 2.05) is 12.3 Å². The summed E-state index contributed by atoms with van der Waals surface area (Å²) in [4.78, 5) is 10.8. The molecule has 0 saturated carbocycles. The summed E-state index contributed by atoms with van der Waals surface area (Å²) in [6, 6.07) is 2.34. The van der Waals surface area contributed by atoms with E-state index in [-0.39, 0.29) is 5.60 Å². The first-order valence-corrected chi connectivity index (χ1v) is 7.71. The van der Waals surface area contributed by atoms with Crippen LogP contribution in [0.5, 0.6) is 0 Å². The monoisotopic (exact) mass is 300 g/mol. The van der Waals surface area contributed by atoms with Gasteiger partial charge in [0.25, 0.3) is 0 Å². The zero-order valence-electron chi connectivity index (χ0n) is 12.4. The third-order valence-electron chi connectivity index (χ3n) is 4.51. The predicted octanol–water partition coefficient (Wildman–Crippen LogP) is 1.92. The van der Waals surface area contributed by atoms with Crippen LogP contribution in [-0.2, 0) is 11.3 Å². The molecular weight excluding hydrogens is 280 g/mol. The van der Waals surface area contributed by atoms with Gasteiger partial charge in [0.1, 0.15) is 5.82 Å². The van der Waals surface area contributed by atoms with E-state index in [1.165, 1.54) is 5.56 Å². The van der Waals surface area contributed by atoms with Gasteiger partial charge in [0.2, 0.25) is 0 Å². The number of nitrogens with zero attached hydrogens (tertiary/aromatic N) is 3. The maximum Gasteiger partial charge on any atom is 0.144 e. The van der Waals surface area contributed by atoms with Gasteiger partial charge in [-0.05, 0) is 12.5 Å². The number of furan rings is 1. The van der Waals surface area contributed by atoms with Crippen molar-refractivity contribution in [3.05, 3.63) is 42.7 Å². The molecule has 4 rings (SSSR count). The Morgan fingerprint density at radius 3 is 3.23 bits per heavy atom. The molecule has 2 aliphatic rings. The molecule has 1 N–H and O–H groups in total. The van der Waals surface area contributed by atoms with Crippen molar-refractivity contribution in [3.63, 3.8) is 0 Å². The Morgan fingerprint density at radius 1 is 1.41 bits per heavy atom. The first-order valence-electron chi connectivity index (χ1n) is 7.71. The van der Waals surface area contributed by atoms with Crippen LogP contribution >= 0.6 is 0 Å². The fraction of sp³-hybridized carbons (Fsp3) is 0.500. The molecule has 0 aromatic carbocycles. The summed E-state index contributed by atoms with van der Waals surface area (Å²) in [5.74, 6) is 0.821. The fourth-order valence-corrected chi connectivity index (χ4v) is 3.51. The topological polar surface area (TPSA) is 63.4 Å². The van der Waals surface area contributed by atoms with Crippen LogP contribution in [0.2, 0.25) is 0 Å². The Balaban J connectivity index is 1.34. The van der Waals surface area contributed by atoms with E-state index in [4.69, 9.17) is 9.15 Å². The standard InChI is InChI=1S/C16H20N4O2/c1-6-21-10-13(1)9-20-5-2-16(12-20)7-14(11-22-16)19-15-8-17-3-4-18-15/h1,3-4,6,8,10,14H,2,5,7,9,11-12H2,(H,18,19)/t14-,16-/m1/s1. The molecule has 0 radical (unpaired) electrons. The lowest BCUT2D eigenvalue weighted by Gasteiger charge is -2.23. The summed E-state index contributed by atoms with van der Waals surface area (Å²) in [7, 11) is 0. The summed E-state index contributed by atoms with van der Waals surface area (Å²) in [6.07, 6.45) is 10.8. The van der Waals surface area contributed by atoms with Crippen molar-refractivity contribution in [1.29, 1.82) is 0 Å². The molecule has 4 heterocycles. The molecule has 0 unspecified atom stereocenters. The lowest BCUT2D eigenvalue weighted by atomic mass is 9.97. The molecule has 0 bridgehead atoms. The number of ether oxygens (including phenoxy) is 1. The third kappa shape index (κ3) is 2.84. The van der Waals surface area contributed by atoms with Crippen LogP contribution in [0.4, 0.5) is 5.82 Å². The van der Waals surface area contributed by atoms with Crippen LogP contribution in [-0.4, -0.2) is 46.2 Å². The van der Waals surface area contributed by atoms with Crippen molar-refractivity contribution in [2.75, 3.05) is 25.0 Å². The van der Waals surface area contributed by atoms with Crippen molar-refractivity contribution < 1.29 is 9.15 Å². The fourth-order valence-electron chi connectivity index (χ4n) is 3.51. The maximum atomic E-state index is 6.16. The van der Waals surface area contributed by atoms with Crippen molar-refractivity contribution in [2.24, 2.45) is 0 Å². The van der Waals surface area contributed by atoms with E-state index in [1.54, 1.807) is 24.9 Å². The normalized spacial score (nSPS) is 28.5. The largest absolute Gasteiger partial charge is 0.472 e. The summed E-state index contributed by atoms with van der Waals surface area (Å²) in [5, 5.41) is 3.42.